The number of halogens is 1. The Balaban J connectivity index is 1.81. The lowest BCUT2D eigenvalue weighted by Gasteiger charge is -2.12. The number of pyridine rings is 1. The van der Waals surface area contributed by atoms with Crippen molar-refractivity contribution in [2.45, 2.75) is 20.8 Å². The van der Waals surface area contributed by atoms with Gasteiger partial charge in [0.15, 0.2) is 5.82 Å². The molecule has 0 radical (unpaired) electrons. The molecule has 0 saturated heterocycles. The zero-order valence-corrected chi connectivity index (χ0v) is 15.3. The fourth-order valence-corrected chi connectivity index (χ4v) is 2.84. The first-order valence-corrected chi connectivity index (χ1v) is 8.29. The molecule has 1 aromatic carbocycles. The van der Waals surface area contributed by atoms with Gasteiger partial charge in [-0.2, -0.15) is 9.97 Å². The highest BCUT2D eigenvalue weighted by atomic mass is 35.5. The van der Waals surface area contributed by atoms with Crippen LogP contribution in [0.4, 0.5) is 16.4 Å². The number of nitrogens with one attached hydrogen (secondary N) is 2. The van der Waals surface area contributed by atoms with Gasteiger partial charge in [0.1, 0.15) is 11.5 Å². The van der Waals surface area contributed by atoms with E-state index in [9.17, 15) is 4.79 Å². The molecule has 0 saturated carbocycles. The van der Waals surface area contributed by atoms with Crippen molar-refractivity contribution in [2.24, 2.45) is 0 Å². The van der Waals surface area contributed by atoms with E-state index >= 15 is 0 Å². The van der Waals surface area contributed by atoms with E-state index in [4.69, 9.17) is 11.6 Å². The van der Waals surface area contributed by atoms with Crippen LogP contribution >= 0.6 is 11.6 Å². The van der Waals surface area contributed by atoms with E-state index in [1.54, 1.807) is 31.3 Å². The SMILES string of the molecule is Cc1cc(C)c(NC(=O)Nc2nc(C)nc(-c3ccccn3)n2)c(Cl)c1. The molecule has 2 aromatic heterocycles. The number of hydrogen-bond donors (Lipinski definition) is 2. The van der Waals surface area contributed by atoms with E-state index in [2.05, 4.69) is 30.6 Å². The van der Waals surface area contributed by atoms with E-state index < -0.39 is 6.03 Å². The number of amides is 2. The number of urea groups is 1. The average molecular weight is 369 g/mol. The minimum absolute atomic E-state index is 0.136. The molecule has 0 aliphatic rings. The molecule has 0 unspecified atom stereocenters. The monoisotopic (exact) mass is 368 g/mol. The van der Waals surface area contributed by atoms with Crippen molar-refractivity contribution < 1.29 is 4.79 Å². The van der Waals surface area contributed by atoms with E-state index in [0.717, 1.165) is 11.1 Å². The van der Waals surface area contributed by atoms with Gasteiger partial charge in [-0.1, -0.05) is 23.7 Å². The van der Waals surface area contributed by atoms with Gasteiger partial charge in [-0.05, 0) is 50.1 Å². The van der Waals surface area contributed by atoms with E-state index in [1.807, 2.05) is 26.0 Å². The van der Waals surface area contributed by atoms with Gasteiger partial charge >= 0.3 is 6.03 Å². The second kappa shape index (κ2) is 7.45. The van der Waals surface area contributed by atoms with E-state index in [-0.39, 0.29) is 5.95 Å². The Morgan fingerprint density at radius 2 is 1.85 bits per heavy atom. The number of aromatic nitrogens is 4. The summed E-state index contributed by atoms with van der Waals surface area (Å²) in [7, 11) is 0. The van der Waals surface area contributed by atoms with Gasteiger partial charge in [-0.15, -0.1) is 0 Å². The number of benzene rings is 1. The summed E-state index contributed by atoms with van der Waals surface area (Å²) in [6, 6.07) is 8.66. The first kappa shape index (κ1) is 17.8. The first-order chi connectivity index (χ1) is 12.4. The summed E-state index contributed by atoms with van der Waals surface area (Å²) in [5, 5.41) is 5.82. The maximum atomic E-state index is 12.3. The van der Waals surface area contributed by atoms with Crippen molar-refractivity contribution >= 4 is 29.3 Å². The molecule has 26 heavy (non-hydrogen) atoms. The third-order valence-electron chi connectivity index (χ3n) is 3.54. The number of carbonyl (C=O) groups excluding carboxylic acids is 1. The Labute approximate surface area is 155 Å². The van der Waals surface area contributed by atoms with Crippen LogP contribution in [0.5, 0.6) is 0 Å². The van der Waals surface area contributed by atoms with Crippen LogP contribution in [0.3, 0.4) is 0 Å². The lowest BCUT2D eigenvalue weighted by Crippen LogP contribution is -2.22. The molecule has 0 fully saturated rings. The molecule has 2 N–H and O–H groups in total. The van der Waals surface area contributed by atoms with Crippen LogP contribution in [0.25, 0.3) is 11.5 Å². The normalized spacial score (nSPS) is 10.5. The molecule has 3 rings (SSSR count). The van der Waals surface area contributed by atoms with Gasteiger partial charge in [0.25, 0.3) is 0 Å². The standard InChI is InChI=1S/C18H17ClN6O/c1-10-8-11(2)15(13(19)9-10)23-18(26)25-17-22-12(3)21-16(24-17)14-6-4-5-7-20-14/h4-9H,1-3H3,(H2,21,22,23,24,25,26). The Morgan fingerprint density at radius 3 is 2.54 bits per heavy atom. The molecule has 0 atom stereocenters. The lowest BCUT2D eigenvalue weighted by atomic mass is 10.1. The maximum absolute atomic E-state index is 12.3. The Hall–Kier alpha value is -3.06. The molecule has 8 heteroatoms. The largest absolute Gasteiger partial charge is 0.326 e. The van der Waals surface area contributed by atoms with Crippen molar-refractivity contribution in [1.82, 2.24) is 19.9 Å². The van der Waals surface area contributed by atoms with Gasteiger partial charge in [0.2, 0.25) is 5.95 Å². The Morgan fingerprint density at radius 1 is 1.04 bits per heavy atom. The van der Waals surface area contributed by atoms with Gasteiger partial charge in [0, 0.05) is 6.20 Å². The molecule has 0 aliphatic heterocycles. The first-order valence-electron chi connectivity index (χ1n) is 7.91. The molecule has 3 aromatic rings. The highest BCUT2D eigenvalue weighted by molar-refractivity contribution is 6.34. The number of rotatable bonds is 3. The molecule has 7 nitrogen and oxygen atoms in total. The number of hydrogen-bond acceptors (Lipinski definition) is 5. The summed E-state index contributed by atoms with van der Waals surface area (Å²) in [6.45, 7) is 5.54. The third-order valence-corrected chi connectivity index (χ3v) is 3.83. The average Bonchev–Trinajstić information content (AvgIpc) is 2.58. The van der Waals surface area contributed by atoms with E-state index in [0.29, 0.717) is 28.1 Å². The van der Waals surface area contributed by atoms with E-state index in [1.165, 1.54) is 0 Å². The van der Waals surface area contributed by atoms with Gasteiger partial charge in [-0.25, -0.2) is 9.78 Å². The molecule has 0 bridgehead atoms. The second-order valence-corrected chi connectivity index (χ2v) is 6.17. The predicted molar refractivity (Wildman–Crippen MR) is 101 cm³/mol. The zero-order valence-electron chi connectivity index (χ0n) is 14.5. The van der Waals surface area contributed by atoms with Gasteiger partial charge in [-0.3, -0.25) is 10.3 Å². The van der Waals surface area contributed by atoms with Crippen molar-refractivity contribution in [1.29, 1.82) is 0 Å². The topological polar surface area (TPSA) is 92.7 Å². The van der Waals surface area contributed by atoms with Gasteiger partial charge in [0.05, 0.1) is 10.7 Å². The van der Waals surface area contributed by atoms with Crippen LogP contribution < -0.4 is 10.6 Å². The quantitative estimate of drug-likeness (QED) is 0.724. The fraction of sp³-hybridized carbons (Fsp3) is 0.167. The van der Waals surface area contributed by atoms with Crippen LogP contribution in [-0.4, -0.2) is 26.0 Å². The summed E-state index contributed by atoms with van der Waals surface area (Å²) in [6.07, 6.45) is 1.65. The molecule has 2 amide bonds. The van der Waals surface area contributed by atoms with Crippen LogP contribution in [0.15, 0.2) is 36.5 Å². The van der Waals surface area contributed by atoms with Crippen molar-refractivity contribution in [3.05, 3.63) is 58.5 Å². The maximum Gasteiger partial charge on any atom is 0.326 e. The molecular formula is C18H17ClN6O. The summed E-state index contributed by atoms with van der Waals surface area (Å²) in [5.74, 6) is 0.995. The van der Waals surface area contributed by atoms with Crippen LogP contribution in [0.2, 0.25) is 5.02 Å². The fourth-order valence-electron chi connectivity index (χ4n) is 2.47. The number of nitrogens with zero attached hydrogens (tertiary/aromatic N) is 4. The summed E-state index contributed by atoms with van der Waals surface area (Å²) in [4.78, 5) is 29.2. The van der Waals surface area contributed by atoms with Crippen LogP contribution in [0.1, 0.15) is 17.0 Å². The Kier molecular flexibility index (Phi) is 5.09. The molecule has 2 heterocycles. The Bertz CT molecular complexity index is 938. The zero-order chi connectivity index (χ0) is 18.7. The minimum atomic E-state index is -0.489. The summed E-state index contributed by atoms with van der Waals surface area (Å²) in [5.41, 5.74) is 3.03. The smallest absolute Gasteiger partial charge is 0.306 e. The third kappa shape index (κ3) is 4.12. The van der Waals surface area contributed by atoms with Crippen LogP contribution in [-0.2, 0) is 0 Å². The number of aryl methyl sites for hydroxylation is 3. The molecule has 0 spiro atoms. The van der Waals surface area contributed by atoms with Gasteiger partial charge < -0.3 is 5.32 Å². The number of anilines is 2. The second-order valence-electron chi connectivity index (χ2n) is 5.76. The number of carbonyl (C=O) groups is 1. The summed E-state index contributed by atoms with van der Waals surface area (Å²) < 4.78 is 0. The minimum Gasteiger partial charge on any atom is -0.306 e. The molecule has 0 aliphatic carbocycles. The van der Waals surface area contributed by atoms with Crippen LogP contribution in [0, 0.1) is 20.8 Å². The summed E-state index contributed by atoms with van der Waals surface area (Å²) >= 11 is 6.22. The highest BCUT2D eigenvalue weighted by Crippen LogP contribution is 2.27. The lowest BCUT2D eigenvalue weighted by molar-refractivity contribution is 0.262. The molecular weight excluding hydrogens is 352 g/mol. The van der Waals surface area contributed by atoms with Crippen molar-refractivity contribution in [3.8, 4) is 11.5 Å². The predicted octanol–water partition coefficient (Wildman–Crippen LogP) is 4.16. The van der Waals surface area contributed by atoms with Crippen molar-refractivity contribution in [2.75, 3.05) is 10.6 Å². The molecule has 132 valence electrons. The highest BCUT2D eigenvalue weighted by Gasteiger charge is 2.13. The van der Waals surface area contributed by atoms with Crippen molar-refractivity contribution in [3.63, 3.8) is 0 Å².